The Labute approximate surface area is 159 Å². The molecule has 0 heterocycles. The SMILES string of the molecule is COC(=O)/C=C/c1ccc(OC(=O)C[C@H](C)OC(C)=O)c(CC=C(C)C)c1. The lowest BCUT2D eigenvalue weighted by Crippen LogP contribution is -2.20. The van der Waals surface area contributed by atoms with Gasteiger partial charge in [0.05, 0.1) is 13.5 Å². The zero-order valence-electron chi connectivity index (χ0n) is 16.4. The fourth-order valence-corrected chi connectivity index (χ4v) is 2.23. The number of carbonyl (C=O) groups is 3. The zero-order chi connectivity index (χ0) is 20.4. The predicted molar refractivity (Wildman–Crippen MR) is 102 cm³/mol. The number of hydrogen-bond donors (Lipinski definition) is 0. The molecule has 27 heavy (non-hydrogen) atoms. The van der Waals surface area contributed by atoms with Gasteiger partial charge < -0.3 is 14.2 Å². The fourth-order valence-electron chi connectivity index (χ4n) is 2.23. The first kappa shape index (κ1) is 22.2. The summed E-state index contributed by atoms with van der Waals surface area (Å²) in [7, 11) is 1.31. The summed E-state index contributed by atoms with van der Waals surface area (Å²) in [5.74, 6) is -0.945. The van der Waals surface area contributed by atoms with Crippen LogP contribution in [0.15, 0.2) is 35.9 Å². The van der Waals surface area contributed by atoms with Gasteiger partial charge in [-0.1, -0.05) is 17.7 Å². The first-order valence-electron chi connectivity index (χ1n) is 8.61. The molecule has 6 heteroatoms. The van der Waals surface area contributed by atoms with Crippen LogP contribution < -0.4 is 4.74 Å². The van der Waals surface area contributed by atoms with Crippen molar-refractivity contribution in [1.82, 2.24) is 0 Å². The zero-order valence-corrected chi connectivity index (χ0v) is 16.4. The van der Waals surface area contributed by atoms with Crippen LogP contribution in [0, 0.1) is 0 Å². The van der Waals surface area contributed by atoms with Crippen molar-refractivity contribution in [1.29, 1.82) is 0 Å². The van der Waals surface area contributed by atoms with Gasteiger partial charge in [0, 0.05) is 13.0 Å². The molecule has 0 aromatic heterocycles. The molecule has 0 radical (unpaired) electrons. The number of allylic oxidation sites excluding steroid dienone is 2. The van der Waals surface area contributed by atoms with Gasteiger partial charge in [0.2, 0.25) is 0 Å². The van der Waals surface area contributed by atoms with Crippen molar-refractivity contribution in [2.75, 3.05) is 7.11 Å². The van der Waals surface area contributed by atoms with Crippen LogP contribution in [0.5, 0.6) is 5.75 Å². The number of hydrogen-bond acceptors (Lipinski definition) is 6. The summed E-state index contributed by atoms with van der Waals surface area (Å²) in [6.07, 6.45) is 4.95. The summed E-state index contributed by atoms with van der Waals surface area (Å²) in [6, 6.07) is 5.26. The quantitative estimate of drug-likeness (QED) is 0.299. The largest absolute Gasteiger partial charge is 0.466 e. The Morgan fingerprint density at radius 1 is 1.15 bits per heavy atom. The van der Waals surface area contributed by atoms with Crippen LogP contribution >= 0.6 is 0 Å². The van der Waals surface area contributed by atoms with E-state index in [9.17, 15) is 14.4 Å². The molecule has 0 fully saturated rings. The summed E-state index contributed by atoms with van der Waals surface area (Å²) in [5, 5.41) is 0. The van der Waals surface area contributed by atoms with Gasteiger partial charge in [0.25, 0.3) is 0 Å². The molecule has 1 rings (SSSR count). The lowest BCUT2D eigenvalue weighted by atomic mass is 10.0. The molecular weight excluding hydrogens is 348 g/mol. The number of ether oxygens (including phenoxy) is 3. The number of benzene rings is 1. The Bertz CT molecular complexity index is 741. The normalized spacial score (nSPS) is 11.6. The molecule has 1 aromatic rings. The predicted octanol–water partition coefficient (Wildman–Crippen LogP) is 3.63. The second-order valence-corrected chi connectivity index (χ2v) is 6.31. The molecule has 0 aliphatic heterocycles. The van der Waals surface area contributed by atoms with Gasteiger partial charge in [-0.25, -0.2) is 4.79 Å². The van der Waals surface area contributed by atoms with Crippen molar-refractivity contribution < 1.29 is 28.6 Å². The molecule has 6 nitrogen and oxygen atoms in total. The van der Waals surface area contributed by atoms with Gasteiger partial charge >= 0.3 is 17.9 Å². The Hall–Kier alpha value is -2.89. The monoisotopic (exact) mass is 374 g/mol. The first-order valence-corrected chi connectivity index (χ1v) is 8.61. The Kier molecular flexibility index (Phi) is 8.99. The van der Waals surface area contributed by atoms with E-state index < -0.39 is 24.0 Å². The highest BCUT2D eigenvalue weighted by atomic mass is 16.6. The number of esters is 3. The Morgan fingerprint density at radius 3 is 2.44 bits per heavy atom. The van der Waals surface area contributed by atoms with Gasteiger partial charge in [0.1, 0.15) is 11.9 Å². The van der Waals surface area contributed by atoms with E-state index in [0.29, 0.717) is 12.2 Å². The van der Waals surface area contributed by atoms with Crippen LogP contribution in [-0.4, -0.2) is 31.1 Å². The summed E-state index contributed by atoms with van der Waals surface area (Å²) in [5.41, 5.74) is 2.72. The maximum absolute atomic E-state index is 12.1. The minimum atomic E-state index is -0.557. The maximum Gasteiger partial charge on any atom is 0.330 e. The lowest BCUT2D eigenvalue weighted by molar-refractivity contribution is -0.149. The van der Waals surface area contributed by atoms with Crippen molar-refractivity contribution >= 4 is 24.0 Å². The van der Waals surface area contributed by atoms with Gasteiger partial charge in [-0.05, 0) is 56.5 Å². The molecule has 0 bridgehead atoms. The summed E-state index contributed by atoms with van der Waals surface area (Å²) in [6.45, 7) is 6.88. The molecule has 0 saturated heterocycles. The van der Waals surface area contributed by atoms with Gasteiger partial charge in [-0.15, -0.1) is 0 Å². The number of carbonyl (C=O) groups excluding carboxylic acids is 3. The molecule has 146 valence electrons. The van der Waals surface area contributed by atoms with Crippen LogP contribution in [0.1, 0.15) is 45.2 Å². The molecule has 0 saturated carbocycles. The molecule has 1 aromatic carbocycles. The third-order valence-corrected chi connectivity index (χ3v) is 3.47. The van der Waals surface area contributed by atoms with Crippen LogP contribution in [0.2, 0.25) is 0 Å². The van der Waals surface area contributed by atoms with E-state index in [0.717, 1.165) is 16.7 Å². The summed E-state index contributed by atoms with van der Waals surface area (Å²) < 4.78 is 15.0. The first-order chi connectivity index (χ1) is 12.7. The molecule has 0 spiro atoms. The van der Waals surface area contributed by atoms with Crippen molar-refractivity contribution in [3.8, 4) is 5.75 Å². The van der Waals surface area contributed by atoms with E-state index in [-0.39, 0.29) is 6.42 Å². The molecule has 0 amide bonds. The van der Waals surface area contributed by atoms with Crippen LogP contribution in [0.4, 0.5) is 0 Å². The van der Waals surface area contributed by atoms with E-state index in [2.05, 4.69) is 4.74 Å². The molecule has 0 unspecified atom stereocenters. The second kappa shape index (κ2) is 11.0. The number of rotatable bonds is 8. The van der Waals surface area contributed by atoms with Crippen LogP contribution in [0.25, 0.3) is 6.08 Å². The summed E-state index contributed by atoms with van der Waals surface area (Å²) >= 11 is 0. The highest BCUT2D eigenvalue weighted by Crippen LogP contribution is 2.23. The lowest BCUT2D eigenvalue weighted by Gasteiger charge is -2.13. The minimum absolute atomic E-state index is 0.0361. The average molecular weight is 374 g/mol. The van der Waals surface area contributed by atoms with Crippen molar-refractivity contribution in [2.45, 2.75) is 46.6 Å². The Morgan fingerprint density at radius 2 is 1.85 bits per heavy atom. The van der Waals surface area contributed by atoms with Gasteiger partial charge in [-0.3, -0.25) is 9.59 Å². The third-order valence-electron chi connectivity index (χ3n) is 3.47. The molecule has 0 aliphatic rings. The summed E-state index contributed by atoms with van der Waals surface area (Å²) in [4.78, 5) is 34.3. The molecule has 0 aliphatic carbocycles. The smallest absolute Gasteiger partial charge is 0.330 e. The maximum atomic E-state index is 12.1. The minimum Gasteiger partial charge on any atom is -0.466 e. The van der Waals surface area contributed by atoms with E-state index >= 15 is 0 Å². The fraction of sp³-hybridized carbons (Fsp3) is 0.381. The van der Waals surface area contributed by atoms with Crippen LogP contribution in [-0.2, 0) is 30.3 Å². The number of methoxy groups -OCH3 is 1. The standard InChI is InChI=1S/C21H26O6/c1-14(2)6-9-18-13-17(8-11-20(23)25-5)7-10-19(18)27-21(24)12-15(3)26-16(4)22/h6-8,10-11,13,15H,9,12H2,1-5H3/b11-8+/t15-/m0/s1. The average Bonchev–Trinajstić information content (AvgIpc) is 2.58. The molecular formula is C21H26O6. The van der Waals surface area contributed by atoms with E-state index in [1.807, 2.05) is 26.0 Å². The van der Waals surface area contributed by atoms with E-state index in [1.54, 1.807) is 25.1 Å². The highest BCUT2D eigenvalue weighted by molar-refractivity contribution is 5.87. The topological polar surface area (TPSA) is 78.9 Å². The Balaban J connectivity index is 2.97. The molecule has 1 atom stereocenters. The second-order valence-electron chi connectivity index (χ2n) is 6.31. The van der Waals surface area contributed by atoms with Crippen molar-refractivity contribution in [3.05, 3.63) is 47.1 Å². The van der Waals surface area contributed by atoms with Gasteiger partial charge in [-0.2, -0.15) is 0 Å². The van der Waals surface area contributed by atoms with E-state index in [4.69, 9.17) is 9.47 Å². The highest BCUT2D eigenvalue weighted by Gasteiger charge is 2.15. The van der Waals surface area contributed by atoms with Crippen LogP contribution in [0.3, 0.4) is 0 Å². The van der Waals surface area contributed by atoms with Crippen molar-refractivity contribution in [2.24, 2.45) is 0 Å². The third kappa shape index (κ3) is 8.85. The molecule has 0 N–H and O–H groups in total. The van der Waals surface area contributed by atoms with E-state index in [1.165, 1.54) is 20.1 Å². The van der Waals surface area contributed by atoms with Gasteiger partial charge in [0.15, 0.2) is 0 Å². The van der Waals surface area contributed by atoms with Crippen molar-refractivity contribution in [3.63, 3.8) is 0 Å².